The van der Waals surface area contributed by atoms with Gasteiger partial charge < -0.3 is 4.98 Å². The topological polar surface area (TPSA) is 15.8 Å². The molecule has 96 valence electrons. The summed E-state index contributed by atoms with van der Waals surface area (Å²) in [5.74, 6) is 0.799. The molecule has 1 N–H and O–H groups in total. The molecule has 0 fully saturated rings. The lowest BCUT2D eigenvalue weighted by atomic mass is 9.71. The van der Waals surface area contributed by atoms with Gasteiger partial charge in [0.1, 0.15) is 0 Å². The molecule has 2 aromatic rings. The van der Waals surface area contributed by atoms with Gasteiger partial charge in [-0.15, -0.1) is 0 Å². The fraction of sp³-hybridized carbons (Fsp3) is 0.500. The standard InChI is InChI=1S/C16H20BrN/c1-16(2,3)10-4-7-14-13(8-10)12-6-5-11(17)9-15(12)18-14/h5-6,9-10,18H,4,7-8H2,1-3H3. The number of nitrogens with one attached hydrogen (secondary N) is 1. The summed E-state index contributed by atoms with van der Waals surface area (Å²) in [5.41, 5.74) is 4.72. The van der Waals surface area contributed by atoms with Crippen LogP contribution in [0.4, 0.5) is 0 Å². The molecule has 3 rings (SSSR count). The monoisotopic (exact) mass is 305 g/mol. The van der Waals surface area contributed by atoms with Crippen LogP contribution in [0.5, 0.6) is 0 Å². The minimum absolute atomic E-state index is 0.413. The minimum atomic E-state index is 0.413. The Morgan fingerprint density at radius 1 is 1.28 bits per heavy atom. The van der Waals surface area contributed by atoms with Crippen molar-refractivity contribution in [1.82, 2.24) is 4.98 Å². The third-order valence-corrected chi connectivity index (χ3v) is 4.87. The highest BCUT2D eigenvalue weighted by atomic mass is 79.9. The van der Waals surface area contributed by atoms with E-state index in [1.807, 2.05) is 0 Å². The average Bonchev–Trinajstić information content (AvgIpc) is 2.63. The zero-order chi connectivity index (χ0) is 12.9. The van der Waals surface area contributed by atoms with Crippen LogP contribution in [-0.4, -0.2) is 4.98 Å². The van der Waals surface area contributed by atoms with E-state index in [4.69, 9.17) is 0 Å². The second-order valence-corrected chi connectivity index (χ2v) is 7.49. The normalized spacial score (nSPS) is 20.1. The van der Waals surface area contributed by atoms with Crippen molar-refractivity contribution in [2.24, 2.45) is 11.3 Å². The van der Waals surface area contributed by atoms with Crippen LogP contribution in [0.15, 0.2) is 22.7 Å². The molecule has 0 bridgehead atoms. The number of benzene rings is 1. The van der Waals surface area contributed by atoms with Gasteiger partial charge >= 0.3 is 0 Å². The SMILES string of the molecule is CC(C)(C)C1CCc2[nH]c3cc(Br)ccc3c2C1. The molecule has 1 aliphatic carbocycles. The Balaban J connectivity index is 2.07. The maximum absolute atomic E-state index is 3.60. The van der Waals surface area contributed by atoms with Crippen molar-refractivity contribution in [2.45, 2.75) is 40.0 Å². The summed E-state index contributed by atoms with van der Waals surface area (Å²) < 4.78 is 1.15. The fourth-order valence-electron chi connectivity index (χ4n) is 3.14. The van der Waals surface area contributed by atoms with Crippen LogP contribution in [0, 0.1) is 11.3 Å². The molecule has 1 aromatic carbocycles. The first-order chi connectivity index (χ1) is 8.45. The summed E-state index contributed by atoms with van der Waals surface area (Å²) in [6.07, 6.45) is 3.73. The summed E-state index contributed by atoms with van der Waals surface area (Å²) in [7, 11) is 0. The highest BCUT2D eigenvalue weighted by Gasteiger charge is 2.30. The van der Waals surface area contributed by atoms with Crippen LogP contribution in [0.25, 0.3) is 10.9 Å². The van der Waals surface area contributed by atoms with Crippen LogP contribution in [-0.2, 0) is 12.8 Å². The molecule has 1 aromatic heterocycles. The Hall–Kier alpha value is -0.760. The van der Waals surface area contributed by atoms with E-state index in [2.05, 4.69) is 59.9 Å². The van der Waals surface area contributed by atoms with Crippen LogP contribution in [0.1, 0.15) is 38.4 Å². The van der Waals surface area contributed by atoms with E-state index in [1.165, 1.54) is 35.9 Å². The van der Waals surface area contributed by atoms with Gasteiger partial charge in [-0.05, 0) is 48.3 Å². The second-order valence-electron chi connectivity index (χ2n) is 6.58. The summed E-state index contributed by atoms with van der Waals surface area (Å²) in [6.45, 7) is 7.11. The van der Waals surface area contributed by atoms with E-state index in [1.54, 1.807) is 5.56 Å². The molecule has 0 radical (unpaired) electrons. The van der Waals surface area contributed by atoms with Gasteiger partial charge in [0.05, 0.1) is 0 Å². The maximum Gasteiger partial charge on any atom is 0.0470 e. The van der Waals surface area contributed by atoms with Gasteiger partial charge in [-0.1, -0.05) is 42.8 Å². The molecule has 1 heterocycles. The molecule has 18 heavy (non-hydrogen) atoms. The highest BCUT2D eigenvalue weighted by molar-refractivity contribution is 9.10. The van der Waals surface area contributed by atoms with Crippen molar-refractivity contribution in [2.75, 3.05) is 0 Å². The van der Waals surface area contributed by atoms with Crippen molar-refractivity contribution in [1.29, 1.82) is 0 Å². The van der Waals surface area contributed by atoms with Crippen molar-refractivity contribution in [3.05, 3.63) is 33.9 Å². The maximum atomic E-state index is 3.60. The van der Waals surface area contributed by atoms with Crippen molar-refractivity contribution in [3.8, 4) is 0 Å². The Morgan fingerprint density at radius 3 is 2.78 bits per heavy atom. The Bertz CT molecular complexity index is 589. The Morgan fingerprint density at radius 2 is 2.06 bits per heavy atom. The zero-order valence-electron chi connectivity index (χ0n) is 11.3. The molecule has 0 saturated carbocycles. The van der Waals surface area contributed by atoms with Crippen LogP contribution >= 0.6 is 15.9 Å². The first-order valence-electron chi connectivity index (χ1n) is 6.74. The zero-order valence-corrected chi connectivity index (χ0v) is 12.9. The van der Waals surface area contributed by atoms with Gasteiger partial charge in [0.25, 0.3) is 0 Å². The summed E-state index contributed by atoms with van der Waals surface area (Å²) in [4.78, 5) is 3.60. The Labute approximate surface area is 117 Å². The number of halogens is 1. The molecule has 2 heteroatoms. The van der Waals surface area contributed by atoms with E-state index in [0.717, 1.165) is 10.4 Å². The summed E-state index contributed by atoms with van der Waals surface area (Å²) in [6, 6.07) is 6.59. The lowest BCUT2D eigenvalue weighted by molar-refractivity contribution is 0.216. The number of fused-ring (bicyclic) bond motifs is 3. The van der Waals surface area contributed by atoms with Crippen LogP contribution in [0.3, 0.4) is 0 Å². The predicted octanol–water partition coefficient (Wildman–Crippen LogP) is 5.08. The molecular formula is C16H20BrN. The van der Waals surface area contributed by atoms with Gasteiger partial charge in [-0.25, -0.2) is 0 Å². The molecule has 1 atom stereocenters. The number of hydrogen-bond acceptors (Lipinski definition) is 0. The first kappa shape index (κ1) is 12.3. The number of aromatic nitrogens is 1. The number of rotatable bonds is 0. The third kappa shape index (κ3) is 2.01. The van der Waals surface area contributed by atoms with Gasteiger partial charge in [0, 0.05) is 21.1 Å². The van der Waals surface area contributed by atoms with Crippen molar-refractivity contribution >= 4 is 26.8 Å². The van der Waals surface area contributed by atoms with Gasteiger partial charge in [-0.2, -0.15) is 0 Å². The number of aromatic amines is 1. The number of H-pyrrole nitrogens is 1. The van der Waals surface area contributed by atoms with E-state index >= 15 is 0 Å². The van der Waals surface area contributed by atoms with E-state index in [0.29, 0.717) is 5.41 Å². The van der Waals surface area contributed by atoms with Crippen LogP contribution < -0.4 is 0 Å². The minimum Gasteiger partial charge on any atom is -0.358 e. The van der Waals surface area contributed by atoms with Crippen molar-refractivity contribution < 1.29 is 0 Å². The number of hydrogen-bond donors (Lipinski definition) is 1. The molecule has 0 amide bonds. The van der Waals surface area contributed by atoms with E-state index in [-0.39, 0.29) is 0 Å². The smallest absolute Gasteiger partial charge is 0.0470 e. The van der Waals surface area contributed by atoms with Gasteiger partial charge in [0.15, 0.2) is 0 Å². The molecule has 1 unspecified atom stereocenters. The fourth-order valence-corrected chi connectivity index (χ4v) is 3.50. The molecule has 0 aliphatic heterocycles. The summed E-state index contributed by atoms with van der Waals surface area (Å²) >= 11 is 3.55. The van der Waals surface area contributed by atoms with Crippen molar-refractivity contribution in [3.63, 3.8) is 0 Å². The predicted molar refractivity (Wildman–Crippen MR) is 81.0 cm³/mol. The quantitative estimate of drug-likeness (QED) is 0.698. The van der Waals surface area contributed by atoms with E-state index < -0.39 is 0 Å². The molecular weight excluding hydrogens is 286 g/mol. The van der Waals surface area contributed by atoms with Gasteiger partial charge in [-0.3, -0.25) is 0 Å². The summed E-state index contributed by atoms with van der Waals surface area (Å²) in [5, 5.41) is 1.42. The first-order valence-corrected chi connectivity index (χ1v) is 7.53. The molecule has 0 spiro atoms. The number of aryl methyl sites for hydroxylation is 1. The van der Waals surface area contributed by atoms with E-state index in [9.17, 15) is 0 Å². The average molecular weight is 306 g/mol. The molecule has 1 nitrogen and oxygen atoms in total. The highest BCUT2D eigenvalue weighted by Crippen LogP contribution is 2.40. The third-order valence-electron chi connectivity index (χ3n) is 4.37. The lowest BCUT2D eigenvalue weighted by Crippen LogP contribution is -2.26. The largest absolute Gasteiger partial charge is 0.358 e. The second kappa shape index (κ2) is 4.12. The lowest BCUT2D eigenvalue weighted by Gasteiger charge is -2.34. The Kier molecular flexibility index (Phi) is 2.81. The molecule has 1 aliphatic rings. The van der Waals surface area contributed by atoms with Crippen LogP contribution in [0.2, 0.25) is 0 Å². The van der Waals surface area contributed by atoms with Gasteiger partial charge in [0.2, 0.25) is 0 Å². The molecule has 0 saturated heterocycles.